The molecule has 2 rings (SSSR count). The van der Waals surface area contributed by atoms with E-state index in [2.05, 4.69) is 5.32 Å². The SMILES string of the molecule is Cc1cccc(F)c1NCc1ccc([N+](=O)[O-])c(F)c1. The van der Waals surface area contributed by atoms with Gasteiger partial charge in [-0.25, -0.2) is 4.39 Å². The van der Waals surface area contributed by atoms with Crippen LogP contribution in [0.5, 0.6) is 0 Å². The molecule has 1 N–H and O–H groups in total. The minimum Gasteiger partial charge on any atom is -0.378 e. The number of nitrogens with zero attached hydrogens (tertiary/aromatic N) is 1. The van der Waals surface area contributed by atoms with Gasteiger partial charge in [-0.3, -0.25) is 10.1 Å². The average molecular weight is 278 g/mol. The fraction of sp³-hybridized carbons (Fsp3) is 0.143. The highest BCUT2D eigenvalue weighted by atomic mass is 19.1. The summed E-state index contributed by atoms with van der Waals surface area (Å²) in [6, 6.07) is 8.28. The first kappa shape index (κ1) is 13.9. The Labute approximate surface area is 114 Å². The number of para-hydroxylation sites is 1. The highest BCUT2D eigenvalue weighted by Gasteiger charge is 2.14. The molecule has 104 valence electrons. The molecule has 0 spiro atoms. The van der Waals surface area contributed by atoms with Crippen molar-refractivity contribution in [2.24, 2.45) is 0 Å². The van der Waals surface area contributed by atoms with E-state index in [0.717, 1.165) is 17.7 Å². The van der Waals surface area contributed by atoms with E-state index in [1.54, 1.807) is 19.1 Å². The van der Waals surface area contributed by atoms with Gasteiger partial charge in [0.05, 0.1) is 10.6 Å². The molecule has 0 heterocycles. The van der Waals surface area contributed by atoms with Crippen LogP contribution in [-0.2, 0) is 6.54 Å². The summed E-state index contributed by atoms with van der Waals surface area (Å²) in [6.07, 6.45) is 0. The Morgan fingerprint density at radius 3 is 2.55 bits per heavy atom. The van der Waals surface area contributed by atoms with Crippen LogP contribution in [0.25, 0.3) is 0 Å². The smallest absolute Gasteiger partial charge is 0.304 e. The van der Waals surface area contributed by atoms with Gasteiger partial charge in [-0.1, -0.05) is 18.2 Å². The van der Waals surface area contributed by atoms with Crippen LogP contribution in [0.3, 0.4) is 0 Å². The van der Waals surface area contributed by atoms with Gasteiger partial charge in [0.1, 0.15) is 5.82 Å². The number of anilines is 1. The molecule has 0 aliphatic rings. The van der Waals surface area contributed by atoms with Crippen LogP contribution in [0.2, 0.25) is 0 Å². The Balaban J connectivity index is 2.16. The number of hydrogen-bond acceptors (Lipinski definition) is 3. The molecule has 0 aliphatic heterocycles. The molecular weight excluding hydrogens is 266 g/mol. The van der Waals surface area contributed by atoms with Crippen LogP contribution in [0.15, 0.2) is 36.4 Å². The lowest BCUT2D eigenvalue weighted by Crippen LogP contribution is -2.04. The van der Waals surface area contributed by atoms with Gasteiger partial charge in [0.2, 0.25) is 5.82 Å². The summed E-state index contributed by atoms with van der Waals surface area (Å²) in [6.45, 7) is 1.93. The van der Waals surface area contributed by atoms with Crippen LogP contribution in [0.1, 0.15) is 11.1 Å². The average Bonchev–Trinajstić information content (AvgIpc) is 2.37. The van der Waals surface area contributed by atoms with E-state index in [0.29, 0.717) is 11.3 Å². The van der Waals surface area contributed by atoms with Gasteiger partial charge in [0, 0.05) is 12.6 Å². The van der Waals surface area contributed by atoms with Crippen molar-refractivity contribution >= 4 is 11.4 Å². The molecule has 0 unspecified atom stereocenters. The van der Waals surface area contributed by atoms with Gasteiger partial charge in [0.15, 0.2) is 0 Å². The molecule has 0 saturated heterocycles. The number of hydrogen-bond donors (Lipinski definition) is 1. The Morgan fingerprint density at radius 2 is 1.95 bits per heavy atom. The van der Waals surface area contributed by atoms with Crippen molar-refractivity contribution in [2.75, 3.05) is 5.32 Å². The van der Waals surface area contributed by atoms with E-state index < -0.39 is 22.2 Å². The van der Waals surface area contributed by atoms with Crippen LogP contribution in [-0.4, -0.2) is 4.92 Å². The van der Waals surface area contributed by atoms with Crippen LogP contribution in [0, 0.1) is 28.7 Å². The molecule has 0 radical (unpaired) electrons. The summed E-state index contributed by atoms with van der Waals surface area (Å²) in [7, 11) is 0. The Hall–Kier alpha value is -2.50. The molecule has 20 heavy (non-hydrogen) atoms. The third-order valence-corrected chi connectivity index (χ3v) is 2.90. The Kier molecular flexibility index (Phi) is 3.93. The van der Waals surface area contributed by atoms with Gasteiger partial charge >= 0.3 is 5.69 Å². The second-order valence-corrected chi connectivity index (χ2v) is 4.33. The standard InChI is InChI=1S/C14H12F2N2O2/c1-9-3-2-4-11(15)14(9)17-8-10-5-6-13(18(19)20)12(16)7-10/h2-7,17H,8H2,1H3. The highest BCUT2D eigenvalue weighted by Crippen LogP contribution is 2.21. The number of rotatable bonds is 4. The highest BCUT2D eigenvalue weighted by molar-refractivity contribution is 5.52. The lowest BCUT2D eigenvalue weighted by atomic mass is 10.1. The predicted octanol–water partition coefficient (Wildman–Crippen LogP) is 3.79. The van der Waals surface area contributed by atoms with E-state index in [1.807, 2.05) is 0 Å². The first-order valence-corrected chi connectivity index (χ1v) is 5.91. The lowest BCUT2D eigenvalue weighted by Gasteiger charge is -2.10. The van der Waals surface area contributed by atoms with Crippen molar-refractivity contribution in [3.8, 4) is 0 Å². The van der Waals surface area contributed by atoms with Crippen molar-refractivity contribution in [1.29, 1.82) is 0 Å². The zero-order valence-corrected chi connectivity index (χ0v) is 10.7. The first-order chi connectivity index (χ1) is 9.49. The maximum Gasteiger partial charge on any atom is 0.304 e. The molecule has 0 fully saturated rings. The van der Waals surface area contributed by atoms with E-state index in [4.69, 9.17) is 0 Å². The van der Waals surface area contributed by atoms with Crippen molar-refractivity contribution in [1.82, 2.24) is 0 Å². The van der Waals surface area contributed by atoms with Gasteiger partial charge < -0.3 is 5.32 Å². The largest absolute Gasteiger partial charge is 0.378 e. The van der Waals surface area contributed by atoms with Crippen molar-refractivity contribution in [3.63, 3.8) is 0 Å². The second-order valence-electron chi connectivity index (χ2n) is 4.33. The minimum atomic E-state index is -0.903. The number of halogens is 2. The second kappa shape index (κ2) is 5.64. The molecule has 0 bridgehead atoms. The quantitative estimate of drug-likeness (QED) is 0.683. The zero-order valence-electron chi connectivity index (χ0n) is 10.7. The fourth-order valence-electron chi connectivity index (χ4n) is 1.85. The molecule has 0 aliphatic carbocycles. The maximum absolute atomic E-state index is 13.6. The summed E-state index contributed by atoms with van der Waals surface area (Å²) in [5, 5.41) is 13.4. The molecule has 0 saturated carbocycles. The summed E-state index contributed by atoms with van der Waals surface area (Å²) < 4.78 is 27.0. The van der Waals surface area contributed by atoms with Crippen LogP contribution >= 0.6 is 0 Å². The zero-order chi connectivity index (χ0) is 14.7. The molecule has 2 aromatic rings. The van der Waals surface area contributed by atoms with Crippen molar-refractivity contribution in [2.45, 2.75) is 13.5 Å². The van der Waals surface area contributed by atoms with E-state index >= 15 is 0 Å². The third kappa shape index (κ3) is 2.90. The monoisotopic (exact) mass is 278 g/mol. The number of nitro benzene ring substituents is 1. The molecule has 2 aromatic carbocycles. The maximum atomic E-state index is 13.6. The Morgan fingerprint density at radius 1 is 1.20 bits per heavy atom. The van der Waals surface area contributed by atoms with Gasteiger partial charge in [-0.2, -0.15) is 4.39 Å². The van der Waals surface area contributed by atoms with Gasteiger partial charge in [-0.15, -0.1) is 0 Å². The first-order valence-electron chi connectivity index (χ1n) is 5.91. The molecule has 4 nitrogen and oxygen atoms in total. The van der Waals surface area contributed by atoms with E-state index in [-0.39, 0.29) is 6.54 Å². The predicted molar refractivity (Wildman–Crippen MR) is 71.5 cm³/mol. The van der Waals surface area contributed by atoms with Crippen molar-refractivity contribution in [3.05, 3.63) is 69.3 Å². The fourth-order valence-corrected chi connectivity index (χ4v) is 1.85. The molecule has 0 aromatic heterocycles. The molecular formula is C14H12F2N2O2. The van der Waals surface area contributed by atoms with Crippen LogP contribution in [0.4, 0.5) is 20.2 Å². The normalized spacial score (nSPS) is 10.3. The lowest BCUT2D eigenvalue weighted by molar-refractivity contribution is -0.387. The number of benzene rings is 2. The third-order valence-electron chi connectivity index (χ3n) is 2.90. The molecule has 0 atom stereocenters. The summed E-state index contributed by atoms with van der Waals surface area (Å²) in [4.78, 5) is 9.72. The summed E-state index contributed by atoms with van der Waals surface area (Å²) in [5.41, 5.74) is 0.991. The van der Waals surface area contributed by atoms with E-state index in [1.165, 1.54) is 12.1 Å². The van der Waals surface area contributed by atoms with Crippen LogP contribution < -0.4 is 5.32 Å². The number of nitro groups is 1. The summed E-state index contributed by atoms with van der Waals surface area (Å²) in [5.74, 6) is -1.30. The molecule has 0 amide bonds. The number of aryl methyl sites for hydroxylation is 1. The van der Waals surface area contributed by atoms with Gasteiger partial charge in [0.25, 0.3) is 0 Å². The minimum absolute atomic E-state index is 0.177. The summed E-state index contributed by atoms with van der Waals surface area (Å²) >= 11 is 0. The molecule has 6 heteroatoms. The number of nitrogens with one attached hydrogen (secondary N) is 1. The Bertz CT molecular complexity index is 639. The topological polar surface area (TPSA) is 55.2 Å². The van der Waals surface area contributed by atoms with E-state index in [9.17, 15) is 18.9 Å². The van der Waals surface area contributed by atoms with Gasteiger partial charge in [-0.05, 0) is 30.2 Å². The van der Waals surface area contributed by atoms with Crippen molar-refractivity contribution < 1.29 is 13.7 Å².